The molecule has 110 valence electrons. The smallest absolute Gasteiger partial charge is 0.227 e. The minimum atomic E-state index is -3.59. The number of hydrogen-bond donors (Lipinski definition) is 1. The van der Waals surface area contributed by atoms with Gasteiger partial charge in [0.1, 0.15) is 0 Å². The Morgan fingerprint density at radius 3 is 2.40 bits per heavy atom. The molecule has 1 fully saturated rings. The second-order valence-corrected chi connectivity index (χ2v) is 7.41. The number of amides is 1. The fourth-order valence-electron chi connectivity index (χ4n) is 2.26. The maximum absolute atomic E-state index is 12.0. The highest BCUT2D eigenvalue weighted by atomic mass is 35.5. The third-order valence-corrected chi connectivity index (χ3v) is 4.97. The first-order valence-electron chi connectivity index (χ1n) is 5.94. The number of carbonyl (C=O) groups excluding carboxylic acids is 1. The number of nitrogens with zero attached hydrogens (tertiary/aromatic N) is 1. The van der Waals surface area contributed by atoms with Gasteiger partial charge in [-0.1, -0.05) is 23.2 Å². The Labute approximate surface area is 127 Å². The molecule has 1 aliphatic heterocycles. The zero-order valence-electron chi connectivity index (χ0n) is 10.8. The Morgan fingerprint density at radius 2 is 1.90 bits per heavy atom. The second-order valence-electron chi connectivity index (χ2n) is 4.94. The van der Waals surface area contributed by atoms with E-state index >= 15 is 0 Å². The standard InChI is InChI=1S/C12H14Cl2N2O3S/c1-7-10(13)3-9(4-11(7)14)16-5-8(2-12(16)17)6-20(15,18)19/h3-4,8H,2,5-6H2,1H3,(H2,15,18,19). The summed E-state index contributed by atoms with van der Waals surface area (Å²) in [5.74, 6) is -0.672. The Bertz CT molecular complexity index is 638. The number of halogens is 2. The van der Waals surface area contributed by atoms with Gasteiger partial charge in [0.25, 0.3) is 0 Å². The van der Waals surface area contributed by atoms with E-state index in [1.165, 1.54) is 4.90 Å². The normalized spacial score (nSPS) is 19.7. The maximum Gasteiger partial charge on any atom is 0.227 e. The van der Waals surface area contributed by atoms with Gasteiger partial charge >= 0.3 is 0 Å². The number of benzene rings is 1. The van der Waals surface area contributed by atoms with Gasteiger partial charge in [-0.15, -0.1) is 0 Å². The molecule has 0 radical (unpaired) electrons. The first-order chi connectivity index (χ1) is 9.17. The van der Waals surface area contributed by atoms with E-state index in [2.05, 4.69) is 0 Å². The van der Waals surface area contributed by atoms with Crippen LogP contribution < -0.4 is 10.0 Å². The van der Waals surface area contributed by atoms with Crippen LogP contribution in [-0.2, 0) is 14.8 Å². The van der Waals surface area contributed by atoms with Crippen molar-refractivity contribution in [2.45, 2.75) is 13.3 Å². The van der Waals surface area contributed by atoms with Crippen LogP contribution in [0, 0.1) is 12.8 Å². The molecule has 1 atom stereocenters. The third-order valence-electron chi connectivity index (χ3n) is 3.25. The van der Waals surface area contributed by atoms with Gasteiger partial charge < -0.3 is 4.90 Å². The summed E-state index contributed by atoms with van der Waals surface area (Å²) in [4.78, 5) is 13.5. The highest BCUT2D eigenvalue weighted by Gasteiger charge is 2.33. The van der Waals surface area contributed by atoms with Crippen LogP contribution >= 0.6 is 23.2 Å². The Hall–Kier alpha value is -0.820. The summed E-state index contributed by atoms with van der Waals surface area (Å²) in [6, 6.07) is 3.31. The monoisotopic (exact) mass is 336 g/mol. The van der Waals surface area contributed by atoms with Crippen molar-refractivity contribution in [2.24, 2.45) is 11.1 Å². The Morgan fingerprint density at radius 1 is 1.35 bits per heavy atom. The number of rotatable bonds is 3. The first-order valence-corrected chi connectivity index (χ1v) is 8.41. The molecule has 1 unspecified atom stereocenters. The molecule has 0 spiro atoms. The van der Waals surface area contributed by atoms with E-state index in [9.17, 15) is 13.2 Å². The molecule has 1 amide bonds. The quantitative estimate of drug-likeness (QED) is 0.915. The van der Waals surface area contributed by atoms with Crippen LogP contribution in [0.25, 0.3) is 0 Å². The molecule has 0 aliphatic carbocycles. The van der Waals surface area contributed by atoms with Gasteiger partial charge in [-0.05, 0) is 24.6 Å². The van der Waals surface area contributed by atoms with Gasteiger partial charge in [-0.25, -0.2) is 13.6 Å². The molecule has 1 aromatic carbocycles. The molecule has 2 rings (SSSR count). The average Bonchev–Trinajstić information content (AvgIpc) is 2.63. The molecule has 8 heteroatoms. The van der Waals surface area contributed by atoms with Crippen LogP contribution in [0.4, 0.5) is 5.69 Å². The number of sulfonamides is 1. The molecule has 5 nitrogen and oxygen atoms in total. The van der Waals surface area contributed by atoms with Crippen molar-refractivity contribution in [1.82, 2.24) is 0 Å². The van der Waals surface area contributed by atoms with Gasteiger partial charge in [0, 0.05) is 34.6 Å². The SMILES string of the molecule is Cc1c(Cl)cc(N2CC(CS(N)(=O)=O)CC2=O)cc1Cl. The summed E-state index contributed by atoms with van der Waals surface area (Å²) in [5, 5.41) is 5.95. The van der Waals surface area contributed by atoms with Crippen LogP contribution in [0.15, 0.2) is 12.1 Å². The molecule has 20 heavy (non-hydrogen) atoms. The van der Waals surface area contributed by atoms with Crippen molar-refractivity contribution in [2.75, 3.05) is 17.2 Å². The van der Waals surface area contributed by atoms with Gasteiger partial charge in [0.05, 0.1) is 5.75 Å². The van der Waals surface area contributed by atoms with E-state index in [1.807, 2.05) is 0 Å². The summed E-state index contributed by atoms with van der Waals surface area (Å²) in [6.45, 7) is 2.08. The number of primary sulfonamides is 1. The summed E-state index contributed by atoms with van der Waals surface area (Å²) in [6.07, 6.45) is 0.152. The fourth-order valence-corrected chi connectivity index (χ4v) is 3.61. The maximum atomic E-state index is 12.0. The van der Waals surface area contributed by atoms with Crippen LogP contribution in [0.5, 0.6) is 0 Å². The average molecular weight is 337 g/mol. The number of anilines is 1. The molecule has 2 N–H and O–H groups in total. The highest BCUT2D eigenvalue weighted by molar-refractivity contribution is 7.89. The van der Waals surface area contributed by atoms with Gasteiger partial charge in [-0.2, -0.15) is 0 Å². The van der Waals surface area contributed by atoms with E-state index in [4.69, 9.17) is 28.3 Å². The molecule has 1 heterocycles. The molecule has 1 aromatic rings. The lowest BCUT2D eigenvalue weighted by atomic mass is 10.1. The first kappa shape index (κ1) is 15.6. The van der Waals surface area contributed by atoms with Gasteiger partial charge in [0.2, 0.25) is 15.9 Å². The number of hydrogen-bond acceptors (Lipinski definition) is 3. The molecule has 0 bridgehead atoms. The zero-order chi connectivity index (χ0) is 15.1. The summed E-state index contributed by atoms with van der Waals surface area (Å²) in [5.41, 5.74) is 1.32. The Kier molecular flexibility index (Phi) is 4.30. The minimum absolute atomic E-state index is 0.152. The third kappa shape index (κ3) is 3.44. The predicted molar refractivity (Wildman–Crippen MR) is 79.6 cm³/mol. The second kappa shape index (κ2) is 5.52. The van der Waals surface area contributed by atoms with Crippen molar-refractivity contribution in [1.29, 1.82) is 0 Å². The molecule has 1 saturated heterocycles. The van der Waals surface area contributed by atoms with E-state index in [0.29, 0.717) is 22.3 Å². The van der Waals surface area contributed by atoms with Crippen LogP contribution in [0.3, 0.4) is 0 Å². The van der Waals surface area contributed by atoms with Crippen molar-refractivity contribution < 1.29 is 13.2 Å². The summed E-state index contributed by atoms with van der Waals surface area (Å²) in [7, 11) is -3.59. The molecule has 0 saturated carbocycles. The van der Waals surface area contributed by atoms with Gasteiger partial charge in [0.15, 0.2) is 0 Å². The van der Waals surface area contributed by atoms with Crippen molar-refractivity contribution in [3.8, 4) is 0 Å². The lowest BCUT2D eigenvalue weighted by Crippen LogP contribution is -2.27. The van der Waals surface area contributed by atoms with Crippen molar-refractivity contribution >= 4 is 44.8 Å². The fraction of sp³-hybridized carbons (Fsp3) is 0.417. The van der Waals surface area contributed by atoms with E-state index in [1.54, 1.807) is 19.1 Å². The lowest BCUT2D eigenvalue weighted by Gasteiger charge is -2.18. The number of nitrogens with two attached hydrogens (primary N) is 1. The largest absolute Gasteiger partial charge is 0.312 e. The topological polar surface area (TPSA) is 80.5 Å². The van der Waals surface area contributed by atoms with Crippen LogP contribution in [-0.4, -0.2) is 26.6 Å². The van der Waals surface area contributed by atoms with E-state index in [-0.39, 0.29) is 24.0 Å². The minimum Gasteiger partial charge on any atom is -0.312 e. The zero-order valence-corrected chi connectivity index (χ0v) is 13.1. The number of carbonyl (C=O) groups is 1. The highest BCUT2D eigenvalue weighted by Crippen LogP contribution is 2.33. The van der Waals surface area contributed by atoms with Crippen LogP contribution in [0.1, 0.15) is 12.0 Å². The predicted octanol–water partition coefficient (Wildman–Crippen LogP) is 1.94. The van der Waals surface area contributed by atoms with E-state index < -0.39 is 10.0 Å². The van der Waals surface area contributed by atoms with Crippen molar-refractivity contribution in [3.63, 3.8) is 0 Å². The lowest BCUT2D eigenvalue weighted by molar-refractivity contribution is -0.117. The molecular formula is C12H14Cl2N2O3S. The summed E-state index contributed by atoms with van der Waals surface area (Å²) >= 11 is 12.1. The molecular weight excluding hydrogens is 323 g/mol. The van der Waals surface area contributed by atoms with Crippen LogP contribution in [0.2, 0.25) is 10.0 Å². The summed E-state index contributed by atoms with van der Waals surface area (Å²) < 4.78 is 22.2. The van der Waals surface area contributed by atoms with E-state index in [0.717, 1.165) is 5.56 Å². The Balaban J connectivity index is 2.24. The molecule has 1 aliphatic rings. The molecule has 0 aromatic heterocycles. The van der Waals surface area contributed by atoms with Crippen molar-refractivity contribution in [3.05, 3.63) is 27.7 Å². The van der Waals surface area contributed by atoms with Gasteiger partial charge in [-0.3, -0.25) is 4.79 Å².